The van der Waals surface area contributed by atoms with Gasteiger partial charge in [-0.05, 0) is 11.1 Å². The van der Waals surface area contributed by atoms with Crippen LogP contribution in [-0.4, -0.2) is 22.1 Å². The van der Waals surface area contributed by atoms with Crippen molar-refractivity contribution in [3.05, 3.63) is 41.5 Å². The van der Waals surface area contributed by atoms with Crippen molar-refractivity contribution >= 4 is 23.9 Å². The van der Waals surface area contributed by atoms with Crippen LogP contribution in [0.4, 0.5) is 17.8 Å². The number of anilines is 3. The van der Waals surface area contributed by atoms with Crippen molar-refractivity contribution in [1.29, 1.82) is 0 Å². The van der Waals surface area contributed by atoms with Crippen LogP contribution in [0.5, 0.6) is 0 Å². The molecule has 0 amide bonds. The lowest BCUT2D eigenvalue weighted by molar-refractivity contribution is 0.147. The van der Waals surface area contributed by atoms with Crippen LogP contribution in [0.2, 0.25) is 0 Å². The first-order valence-electron chi connectivity index (χ1n) is 6.06. The van der Waals surface area contributed by atoms with E-state index >= 15 is 0 Å². The van der Waals surface area contributed by atoms with Crippen LogP contribution < -0.4 is 16.5 Å². The summed E-state index contributed by atoms with van der Waals surface area (Å²) in [6.07, 6.45) is 4.03. The molecule has 0 saturated carbocycles. The van der Waals surface area contributed by atoms with Crippen molar-refractivity contribution in [2.75, 3.05) is 23.6 Å². The third kappa shape index (κ3) is 2.04. The fourth-order valence-corrected chi connectivity index (χ4v) is 2.25. The summed E-state index contributed by atoms with van der Waals surface area (Å²) in [5, 5.41) is 1.55. The first-order chi connectivity index (χ1) is 9.69. The Morgan fingerprint density at radius 2 is 1.80 bits per heavy atom. The van der Waals surface area contributed by atoms with E-state index in [4.69, 9.17) is 16.3 Å². The van der Waals surface area contributed by atoms with Gasteiger partial charge in [-0.15, -0.1) is 0 Å². The first-order valence-corrected chi connectivity index (χ1v) is 6.06. The molecule has 4 N–H and O–H groups in total. The minimum absolute atomic E-state index is 0.0600. The van der Waals surface area contributed by atoms with Gasteiger partial charge in [0.25, 0.3) is 5.95 Å². The molecule has 1 unspecified atom stereocenters. The van der Waals surface area contributed by atoms with Crippen LogP contribution in [0, 0.1) is 0 Å². The highest BCUT2D eigenvalue weighted by Gasteiger charge is 2.26. The molecular formula is C13H14N6O. The minimum atomic E-state index is -0.127. The van der Waals surface area contributed by atoms with Gasteiger partial charge in [0.2, 0.25) is 11.9 Å². The molecule has 1 atom stereocenters. The molecule has 0 aliphatic heterocycles. The molecule has 0 bridgehead atoms. The number of rotatable bonds is 3. The minimum Gasteiger partial charge on any atom is -0.368 e. The van der Waals surface area contributed by atoms with Crippen LogP contribution in [-0.2, 0) is 4.84 Å². The maximum Gasteiger partial charge on any atom is 0.257 e. The Kier molecular flexibility index (Phi) is 2.96. The molecule has 0 fully saturated rings. The summed E-state index contributed by atoms with van der Waals surface area (Å²) < 4.78 is 0. The van der Waals surface area contributed by atoms with Gasteiger partial charge < -0.3 is 11.5 Å². The second-order valence-corrected chi connectivity index (χ2v) is 4.29. The zero-order valence-electron chi connectivity index (χ0n) is 10.9. The lowest BCUT2D eigenvalue weighted by Gasteiger charge is -2.26. The number of aromatic nitrogens is 3. The Hall–Kier alpha value is -2.67. The summed E-state index contributed by atoms with van der Waals surface area (Å²) in [7, 11) is 1.55. The van der Waals surface area contributed by atoms with Gasteiger partial charge in [0.05, 0.1) is 7.11 Å². The molecule has 102 valence electrons. The molecule has 1 aromatic carbocycles. The number of hydrogen-bond donors (Lipinski definition) is 2. The SMILES string of the molecule is CON(c1nc(N)nc(N)n1)C1C=Cc2ccccc21. The van der Waals surface area contributed by atoms with E-state index in [0.717, 1.165) is 11.1 Å². The molecule has 7 heteroatoms. The molecule has 1 heterocycles. The van der Waals surface area contributed by atoms with E-state index in [9.17, 15) is 0 Å². The lowest BCUT2D eigenvalue weighted by Crippen LogP contribution is -2.28. The van der Waals surface area contributed by atoms with E-state index in [0.29, 0.717) is 0 Å². The Morgan fingerprint density at radius 1 is 1.10 bits per heavy atom. The summed E-state index contributed by atoms with van der Waals surface area (Å²) >= 11 is 0. The molecule has 0 spiro atoms. The van der Waals surface area contributed by atoms with Gasteiger partial charge in [0, 0.05) is 0 Å². The standard InChI is InChI=1S/C13H14N6O/c1-20-19(13-17-11(14)16-12(15)18-13)10-7-6-8-4-2-3-5-9(8)10/h2-7,10H,1H3,(H4,14,15,16,17,18). The van der Waals surface area contributed by atoms with Crippen LogP contribution in [0.25, 0.3) is 6.08 Å². The smallest absolute Gasteiger partial charge is 0.257 e. The average Bonchev–Trinajstić information content (AvgIpc) is 2.83. The van der Waals surface area contributed by atoms with E-state index in [-0.39, 0.29) is 23.9 Å². The van der Waals surface area contributed by atoms with E-state index in [1.165, 1.54) is 0 Å². The van der Waals surface area contributed by atoms with E-state index < -0.39 is 0 Å². The zero-order valence-corrected chi connectivity index (χ0v) is 10.9. The molecule has 1 aromatic heterocycles. The molecule has 0 saturated heterocycles. The van der Waals surface area contributed by atoms with Gasteiger partial charge in [-0.25, -0.2) is 5.06 Å². The number of hydrogen-bond acceptors (Lipinski definition) is 7. The predicted octanol–water partition coefficient (Wildman–Crippen LogP) is 1.17. The molecule has 0 radical (unpaired) electrons. The second-order valence-electron chi connectivity index (χ2n) is 4.29. The van der Waals surface area contributed by atoms with Crippen molar-refractivity contribution in [2.45, 2.75) is 6.04 Å². The summed E-state index contributed by atoms with van der Waals surface area (Å²) in [6.45, 7) is 0. The average molecular weight is 270 g/mol. The number of nitrogen functional groups attached to an aromatic ring is 2. The fraction of sp³-hybridized carbons (Fsp3) is 0.154. The molecule has 20 heavy (non-hydrogen) atoms. The number of hydroxylamine groups is 1. The van der Waals surface area contributed by atoms with Gasteiger partial charge in [-0.1, -0.05) is 36.4 Å². The molecule has 2 aromatic rings. The van der Waals surface area contributed by atoms with E-state index in [1.807, 2.05) is 36.4 Å². The maximum absolute atomic E-state index is 5.60. The highest BCUT2D eigenvalue weighted by atomic mass is 16.7. The fourth-order valence-electron chi connectivity index (χ4n) is 2.25. The van der Waals surface area contributed by atoms with Crippen LogP contribution >= 0.6 is 0 Å². The van der Waals surface area contributed by atoms with Gasteiger partial charge >= 0.3 is 0 Å². The Morgan fingerprint density at radius 3 is 2.50 bits per heavy atom. The molecule has 7 nitrogen and oxygen atoms in total. The number of nitrogens with two attached hydrogens (primary N) is 2. The molecule has 3 rings (SSSR count). The van der Waals surface area contributed by atoms with Gasteiger partial charge in [0.1, 0.15) is 6.04 Å². The van der Waals surface area contributed by atoms with Crippen molar-refractivity contribution in [3.8, 4) is 0 Å². The third-order valence-corrected chi connectivity index (χ3v) is 3.08. The molecular weight excluding hydrogens is 256 g/mol. The monoisotopic (exact) mass is 270 g/mol. The van der Waals surface area contributed by atoms with Crippen LogP contribution in [0.15, 0.2) is 30.3 Å². The zero-order chi connectivity index (χ0) is 14.1. The quantitative estimate of drug-likeness (QED) is 0.807. The van der Waals surface area contributed by atoms with Gasteiger partial charge in [-0.3, -0.25) is 4.84 Å². The second kappa shape index (κ2) is 4.78. The van der Waals surface area contributed by atoms with E-state index in [1.54, 1.807) is 12.2 Å². The summed E-state index contributed by atoms with van der Waals surface area (Å²) in [6, 6.07) is 7.90. The van der Waals surface area contributed by atoms with Crippen LogP contribution in [0.1, 0.15) is 17.2 Å². The highest BCUT2D eigenvalue weighted by Crippen LogP contribution is 2.34. The van der Waals surface area contributed by atoms with Crippen LogP contribution in [0.3, 0.4) is 0 Å². The Balaban J connectivity index is 2.01. The van der Waals surface area contributed by atoms with Crippen molar-refractivity contribution in [2.24, 2.45) is 0 Å². The van der Waals surface area contributed by atoms with Crippen molar-refractivity contribution in [3.63, 3.8) is 0 Å². The predicted molar refractivity (Wildman–Crippen MR) is 76.4 cm³/mol. The van der Waals surface area contributed by atoms with Gasteiger partial charge in [-0.2, -0.15) is 15.0 Å². The van der Waals surface area contributed by atoms with Crippen molar-refractivity contribution < 1.29 is 4.84 Å². The Labute approximate surface area is 115 Å². The maximum atomic E-state index is 5.60. The number of nitrogens with zero attached hydrogens (tertiary/aromatic N) is 4. The highest BCUT2D eigenvalue weighted by molar-refractivity contribution is 5.64. The first kappa shape index (κ1) is 12.4. The normalized spacial score (nSPS) is 16.1. The van der Waals surface area contributed by atoms with Gasteiger partial charge in [0.15, 0.2) is 0 Å². The summed E-state index contributed by atoms with van der Waals surface area (Å²) in [5.74, 6) is 0.401. The topological polar surface area (TPSA) is 103 Å². The number of fused-ring (bicyclic) bond motifs is 1. The largest absolute Gasteiger partial charge is 0.368 e. The summed E-state index contributed by atoms with van der Waals surface area (Å²) in [5.41, 5.74) is 13.4. The number of benzene rings is 1. The third-order valence-electron chi connectivity index (χ3n) is 3.08. The summed E-state index contributed by atoms with van der Waals surface area (Å²) in [4.78, 5) is 17.3. The lowest BCUT2D eigenvalue weighted by atomic mass is 10.1. The van der Waals surface area contributed by atoms with Crippen molar-refractivity contribution in [1.82, 2.24) is 15.0 Å². The molecule has 1 aliphatic carbocycles. The van der Waals surface area contributed by atoms with E-state index in [2.05, 4.69) is 15.0 Å². The molecule has 1 aliphatic rings. The Bertz CT molecular complexity index is 651.